The minimum atomic E-state index is -0.393. The number of nitriles is 1. The number of amides is 1. The number of nitrogens with one attached hydrogen (secondary N) is 1. The summed E-state index contributed by atoms with van der Waals surface area (Å²) in [6, 6.07) is 7.35. The van der Waals surface area contributed by atoms with Crippen LogP contribution in [0.2, 0.25) is 0 Å². The van der Waals surface area contributed by atoms with Crippen molar-refractivity contribution in [1.29, 1.82) is 5.26 Å². The zero-order valence-electron chi connectivity index (χ0n) is 16.5. The molecule has 1 aromatic rings. The summed E-state index contributed by atoms with van der Waals surface area (Å²) in [7, 11) is 0. The molecule has 0 aliphatic heterocycles. The van der Waals surface area contributed by atoms with Crippen LogP contribution in [0.15, 0.2) is 23.8 Å². The van der Waals surface area contributed by atoms with Gasteiger partial charge in [-0.05, 0) is 50.5 Å². The highest BCUT2D eigenvalue weighted by molar-refractivity contribution is 6.01. The second kappa shape index (κ2) is 13.7. The van der Waals surface area contributed by atoms with E-state index in [1.807, 2.05) is 32.0 Å². The average Bonchev–Trinajstić information content (AvgIpc) is 2.67. The zero-order chi connectivity index (χ0) is 19.9. The topological polar surface area (TPSA) is 80.6 Å². The molecule has 1 rings (SSSR count). The molecule has 6 nitrogen and oxygen atoms in total. The predicted molar refractivity (Wildman–Crippen MR) is 106 cm³/mol. The van der Waals surface area contributed by atoms with Crippen LogP contribution < -0.4 is 14.8 Å². The maximum atomic E-state index is 12.2. The van der Waals surface area contributed by atoms with Crippen molar-refractivity contribution in [3.05, 3.63) is 29.3 Å². The molecule has 0 aliphatic carbocycles. The van der Waals surface area contributed by atoms with Gasteiger partial charge >= 0.3 is 0 Å². The molecular formula is C21H30N2O4. The first-order valence-electron chi connectivity index (χ1n) is 9.53. The van der Waals surface area contributed by atoms with Crippen LogP contribution in [-0.2, 0) is 9.53 Å². The van der Waals surface area contributed by atoms with E-state index in [0.717, 1.165) is 12.8 Å². The Balaban J connectivity index is 2.81. The van der Waals surface area contributed by atoms with Gasteiger partial charge in [-0.1, -0.05) is 19.4 Å². The van der Waals surface area contributed by atoms with Gasteiger partial charge in [0, 0.05) is 19.8 Å². The number of unbranched alkanes of at least 4 members (excludes halogenated alkanes) is 1. The molecule has 0 heterocycles. The predicted octanol–water partition coefficient (Wildman–Crippen LogP) is 3.71. The molecule has 1 N–H and O–H groups in total. The number of carbonyl (C=O) groups is 1. The number of carbonyl (C=O) groups excluding carboxylic acids is 1. The molecule has 6 heteroatoms. The van der Waals surface area contributed by atoms with Gasteiger partial charge in [-0.25, -0.2) is 0 Å². The fourth-order valence-corrected chi connectivity index (χ4v) is 2.26. The van der Waals surface area contributed by atoms with Gasteiger partial charge in [-0.2, -0.15) is 5.26 Å². The zero-order valence-corrected chi connectivity index (χ0v) is 16.5. The molecule has 0 atom stereocenters. The molecule has 27 heavy (non-hydrogen) atoms. The van der Waals surface area contributed by atoms with E-state index in [9.17, 15) is 10.1 Å². The molecule has 0 radical (unpaired) electrons. The van der Waals surface area contributed by atoms with Crippen LogP contribution >= 0.6 is 0 Å². The van der Waals surface area contributed by atoms with E-state index in [4.69, 9.17) is 14.2 Å². The molecule has 0 bridgehead atoms. The Morgan fingerprint density at radius 2 is 1.93 bits per heavy atom. The van der Waals surface area contributed by atoms with E-state index in [1.54, 1.807) is 12.1 Å². The number of benzene rings is 1. The second-order valence-corrected chi connectivity index (χ2v) is 5.82. The Labute approximate surface area is 162 Å². The van der Waals surface area contributed by atoms with Crippen molar-refractivity contribution in [3.8, 4) is 17.6 Å². The number of nitrogens with zero attached hydrogens (tertiary/aromatic N) is 1. The first-order chi connectivity index (χ1) is 13.2. The number of hydrogen-bond acceptors (Lipinski definition) is 5. The Hall–Kier alpha value is -2.52. The van der Waals surface area contributed by atoms with E-state index in [-0.39, 0.29) is 5.57 Å². The van der Waals surface area contributed by atoms with Crippen LogP contribution in [0.1, 0.15) is 45.6 Å². The Morgan fingerprint density at radius 1 is 1.11 bits per heavy atom. The number of ether oxygens (including phenoxy) is 3. The van der Waals surface area contributed by atoms with Crippen molar-refractivity contribution in [3.63, 3.8) is 0 Å². The normalized spacial score (nSPS) is 11.0. The van der Waals surface area contributed by atoms with Crippen molar-refractivity contribution in [2.45, 2.75) is 40.0 Å². The van der Waals surface area contributed by atoms with Gasteiger partial charge in [0.05, 0.1) is 13.2 Å². The molecule has 0 spiro atoms. The summed E-state index contributed by atoms with van der Waals surface area (Å²) in [4.78, 5) is 12.2. The van der Waals surface area contributed by atoms with E-state index in [2.05, 4.69) is 12.2 Å². The number of rotatable bonds is 13. The molecule has 1 aromatic carbocycles. The maximum Gasteiger partial charge on any atom is 0.261 e. The van der Waals surface area contributed by atoms with Crippen LogP contribution in [0.25, 0.3) is 6.08 Å². The van der Waals surface area contributed by atoms with Crippen LogP contribution in [-0.4, -0.2) is 38.9 Å². The van der Waals surface area contributed by atoms with Crippen LogP contribution in [0.4, 0.5) is 0 Å². The smallest absolute Gasteiger partial charge is 0.261 e. The first kappa shape index (κ1) is 22.5. The third-order valence-electron chi connectivity index (χ3n) is 3.65. The third kappa shape index (κ3) is 8.61. The fraction of sp³-hybridized carbons (Fsp3) is 0.524. The van der Waals surface area contributed by atoms with Crippen LogP contribution in [0.5, 0.6) is 11.5 Å². The van der Waals surface area contributed by atoms with Crippen molar-refractivity contribution in [1.82, 2.24) is 5.32 Å². The van der Waals surface area contributed by atoms with Gasteiger partial charge in [0.25, 0.3) is 5.91 Å². The molecule has 0 saturated carbocycles. The summed E-state index contributed by atoms with van der Waals surface area (Å²) in [6.45, 7) is 8.75. The lowest BCUT2D eigenvalue weighted by Crippen LogP contribution is -2.26. The summed E-state index contributed by atoms with van der Waals surface area (Å²) in [5.41, 5.74) is 0.760. The first-order valence-corrected chi connectivity index (χ1v) is 9.53. The van der Waals surface area contributed by atoms with Crippen molar-refractivity contribution in [2.75, 3.05) is 33.0 Å². The van der Waals surface area contributed by atoms with Gasteiger partial charge in [0.1, 0.15) is 11.6 Å². The second-order valence-electron chi connectivity index (χ2n) is 5.82. The summed E-state index contributed by atoms with van der Waals surface area (Å²) < 4.78 is 16.6. The largest absolute Gasteiger partial charge is 0.490 e. The van der Waals surface area contributed by atoms with Crippen LogP contribution in [0.3, 0.4) is 0 Å². The maximum absolute atomic E-state index is 12.2. The van der Waals surface area contributed by atoms with Crippen molar-refractivity contribution in [2.24, 2.45) is 0 Å². The molecule has 0 fully saturated rings. The molecule has 0 aromatic heterocycles. The Kier molecular flexibility index (Phi) is 11.4. The van der Waals surface area contributed by atoms with Crippen molar-refractivity contribution >= 4 is 12.0 Å². The molecule has 148 valence electrons. The lowest BCUT2D eigenvalue weighted by atomic mass is 10.1. The summed E-state index contributed by atoms with van der Waals surface area (Å²) in [5, 5.41) is 12.0. The van der Waals surface area contributed by atoms with Crippen molar-refractivity contribution < 1.29 is 19.0 Å². The minimum Gasteiger partial charge on any atom is -0.490 e. The van der Waals surface area contributed by atoms with E-state index in [0.29, 0.717) is 56.5 Å². The summed E-state index contributed by atoms with van der Waals surface area (Å²) in [6.07, 6.45) is 4.28. The molecule has 0 saturated heterocycles. The van der Waals surface area contributed by atoms with E-state index in [1.165, 1.54) is 0 Å². The van der Waals surface area contributed by atoms with Gasteiger partial charge in [0.15, 0.2) is 11.5 Å². The lowest BCUT2D eigenvalue weighted by Gasteiger charge is -2.12. The summed E-state index contributed by atoms with van der Waals surface area (Å²) in [5.74, 6) is 0.883. The quantitative estimate of drug-likeness (QED) is 0.323. The minimum absolute atomic E-state index is 0.0495. The highest BCUT2D eigenvalue weighted by Crippen LogP contribution is 2.29. The van der Waals surface area contributed by atoms with Gasteiger partial charge in [0.2, 0.25) is 0 Å². The van der Waals surface area contributed by atoms with Gasteiger partial charge < -0.3 is 19.5 Å². The lowest BCUT2D eigenvalue weighted by molar-refractivity contribution is -0.117. The molecule has 0 aliphatic rings. The third-order valence-corrected chi connectivity index (χ3v) is 3.65. The summed E-state index contributed by atoms with van der Waals surface area (Å²) >= 11 is 0. The van der Waals surface area contributed by atoms with E-state index < -0.39 is 5.91 Å². The molecular weight excluding hydrogens is 344 g/mol. The van der Waals surface area contributed by atoms with Gasteiger partial charge in [-0.3, -0.25) is 4.79 Å². The van der Waals surface area contributed by atoms with E-state index >= 15 is 0 Å². The number of hydrogen-bond donors (Lipinski definition) is 1. The fourth-order valence-electron chi connectivity index (χ4n) is 2.26. The molecule has 1 amide bonds. The molecule has 0 unspecified atom stereocenters. The standard InChI is InChI=1S/C21H30N2O4/c1-4-7-13-27-19-10-9-17(15-20(19)26-6-3)14-18(16-22)21(24)23-11-8-12-25-5-2/h9-10,14-15H,4-8,11-13H2,1-3H3,(H,23,24)/b18-14+. The average molecular weight is 374 g/mol. The van der Waals surface area contributed by atoms with Crippen LogP contribution in [0, 0.1) is 11.3 Å². The monoisotopic (exact) mass is 374 g/mol. The SMILES string of the molecule is CCCCOc1ccc(/C=C(\C#N)C(=O)NCCCOCC)cc1OCC. The highest BCUT2D eigenvalue weighted by atomic mass is 16.5. The Morgan fingerprint density at radius 3 is 2.59 bits per heavy atom. The highest BCUT2D eigenvalue weighted by Gasteiger charge is 2.10. The Bertz CT molecular complexity index is 650. The van der Waals surface area contributed by atoms with Gasteiger partial charge in [-0.15, -0.1) is 0 Å².